The number of hydrogen-bond donors (Lipinski definition) is 0. The maximum Gasteiger partial charge on any atom is 0.416 e. The summed E-state index contributed by atoms with van der Waals surface area (Å²) in [5.74, 6) is -0.962. The number of likely N-dealkylation sites (tertiary alicyclic amines) is 1. The lowest BCUT2D eigenvalue weighted by atomic mass is 9.97. The Morgan fingerprint density at radius 3 is 2.50 bits per heavy atom. The standard InChI is InChI=1S/C22H20F3NO4/c1-3-29-21(28)16-11-26(17-15-6-4-5-12(2)18(15)30-19(16)17)20(27)13-7-9-14(10-8-13)22(23,24)25/h4-10,16-17,19H,3,11H2,1-2H3/t16-,17+,19+/m1/s1. The number of carbonyl (C=O) groups is 2. The molecule has 0 aliphatic carbocycles. The first-order chi connectivity index (χ1) is 14.2. The Labute approximate surface area is 171 Å². The Morgan fingerprint density at radius 2 is 1.87 bits per heavy atom. The Hall–Kier alpha value is -3.03. The van der Waals surface area contributed by atoms with Gasteiger partial charge in [-0.15, -0.1) is 0 Å². The number of para-hydroxylation sites is 1. The van der Waals surface area contributed by atoms with Gasteiger partial charge in [-0.05, 0) is 43.7 Å². The summed E-state index contributed by atoms with van der Waals surface area (Å²) >= 11 is 0. The van der Waals surface area contributed by atoms with Gasteiger partial charge < -0.3 is 14.4 Å². The largest absolute Gasteiger partial charge is 0.486 e. The number of halogens is 3. The molecule has 8 heteroatoms. The average Bonchev–Trinajstić information content (AvgIpc) is 3.26. The number of rotatable bonds is 3. The van der Waals surface area contributed by atoms with Gasteiger partial charge in [-0.25, -0.2) is 0 Å². The van der Waals surface area contributed by atoms with Crippen molar-refractivity contribution in [3.05, 3.63) is 64.7 Å². The van der Waals surface area contributed by atoms with Crippen molar-refractivity contribution in [2.45, 2.75) is 32.2 Å². The van der Waals surface area contributed by atoms with Crippen LogP contribution >= 0.6 is 0 Å². The zero-order valence-electron chi connectivity index (χ0n) is 16.4. The zero-order chi connectivity index (χ0) is 21.6. The molecule has 0 bridgehead atoms. The van der Waals surface area contributed by atoms with E-state index in [1.54, 1.807) is 6.92 Å². The fraction of sp³-hybridized carbons (Fsp3) is 0.364. The molecular weight excluding hydrogens is 399 g/mol. The van der Waals surface area contributed by atoms with E-state index in [1.165, 1.54) is 4.90 Å². The third-order valence-corrected chi connectivity index (χ3v) is 5.56. The molecule has 2 aliphatic rings. The first-order valence-corrected chi connectivity index (χ1v) is 9.63. The van der Waals surface area contributed by atoms with Crippen LogP contribution in [-0.4, -0.2) is 36.0 Å². The highest BCUT2D eigenvalue weighted by Crippen LogP contribution is 2.49. The number of nitrogens with zero attached hydrogens (tertiary/aromatic N) is 1. The SMILES string of the molecule is CCOC(=O)[C@@H]1CN(C(=O)c2ccc(C(F)(F)F)cc2)[C@H]2c3cccc(C)c3O[C@@H]12. The van der Waals surface area contributed by atoms with Crippen LogP contribution < -0.4 is 4.74 Å². The second-order valence-electron chi connectivity index (χ2n) is 7.41. The molecule has 1 amide bonds. The molecule has 0 unspecified atom stereocenters. The Morgan fingerprint density at radius 1 is 1.17 bits per heavy atom. The predicted octanol–water partition coefficient (Wildman–Crippen LogP) is 4.15. The molecule has 3 atom stereocenters. The number of hydrogen-bond acceptors (Lipinski definition) is 4. The molecule has 2 aromatic carbocycles. The van der Waals surface area contributed by atoms with Crippen LogP contribution in [0.1, 0.15) is 40.0 Å². The van der Waals surface area contributed by atoms with E-state index >= 15 is 0 Å². The van der Waals surface area contributed by atoms with E-state index in [4.69, 9.17) is 9.47 Å². The third-order valence-electron chi connectivity index (χ3n) is 5.56. The Bertz CT molecular complexity index is 987. The maximum atomic E-state index is 13.2. The van der Waals surface area contributed by atoms with Crippen LogP contribution in [0.15, 0.2) is 42.5 Å². The molecule has 4 rings (SSSR count). The van der Waals surface area contributed by atoms with Crippen LogP contribution in [0.5, 0.6) is 5.75 Å². The smallest absolute Gasteiger partial charge is 0.416 e. The molecule has 2 aromatic rings. The molecular formula is C22H20F3NO4. The van der Waals surface area contributed by atoms with E-state index in [-0.39, 0.29) is 18.7 Å². The second-order valence-corrected chi connectivity index (χ2v) is 7.41. The van der Waals surface area contributed by atoms with E-state index in [0.29, 0.717) is 5.75 Å². The number of esters is 1. The van der Waals surface area contributed by atoms with Crippen LogP contribution in [-0.2, 0) is 15.7 Å². The minimum atomic E-state index is -4.48. The van der Waals surface area contributed by atoms with Gasteiger partial charge in [-0.2, -0.15) is 13.2 Å². The van der Waals surface area contributed by atoms with Crippen molar-refractivity contribution in [3.8, 4) is 5.75 Å². The molecule has 2 heterocycles. The summed E-state index contributed by atoms with van der Waals surface area (Å²) in [6.07, 6.45) is -5.08. The van der Waals surface area contributed by atoms with Crippen molar-refractivity contribution in [1.29, 1.82) is 0 Å². The quantitative estimate of drug-likeness (QED) is 0.702. The van der Waals surface area contributed by atoms with Gasteiger partial charge in [0.1, 0.15) is 17.8 Å². The van der Waals surface area contributed by atoms with Gasteiger partial charge in [0, 0.05) is 17.7 Å². The van der Waals surface area contributed by atoms with E-state index in [9.17, 15) is 22.8 Å². The highest BCUT2D eigenvalue weighted by molar-refractivity contribution is 5.95. The first-order valence-electron chi connectivity index (χ1n) is 9.63. The number of aryl methyl sites for hydroxylation is 1. The number of amides is 1. The molecule has 0 saturated carbocycles. The summed E-state index contributed by atoms with van der Waals surface area (Å²) in [5.41, 5.74) is 0.957. The summed E-state index contributed by atoms with van der Waals surface area (Å²) in [6, 6.07) is 9.13. The van der Waals surface area contributed by atoms with E-state index in [1.807, 2.05) is 25.1 Å². The number of ether oxygens (including phenoxy) is 2. The van der Waals surface area contributed by atoms with Gasteiger partial charge in [0.15, 0.2) is 0 Å². The van der Waals surface area contributed by atoms with Gasteiger partial charge in [0.2, 0.25) is 0 Å². The van der Waals surface area contributed by atoms with E-state index in [2.05, 4.69) is 0 Å². The average molecular weight is 419 g/mol. The maximum absolute atomic E-state index is 13.2. The number of alkyl halides is 3. The van der Waals surface area contributed by atoms with Gasteiger partial charge >= 0.3 is 12.1 Å². The van der Waals surface area contributed by atoms with Gasteiger partial charge in [0.25, 0.3) is 5.91 Å². The molecule has 0 aromatic heterocycles. The molecule has 30 heavy (non-hydrogen) atoms. The molecule has 1 saturated heterocycles. The number of fused-ring (bicyclic) bond motifs is 3. The fourth-order valence-electron chi connectivity index (χ4n) is 4.16. The summed E-state index contributed by atoms with van der Waals surface area (Å²) in [4.78, 5) is 27.2. The summed E-state index contributed by atoms with van der Waals surface area (Å²) in [5, 5.41) is 0. The van der Waals surface area contributed by atoms with Gasteiger partial charge in [0.05, 0.1) is 18.2 Å². The first kappa shape index (κ1) is 20.3. The normalized spacial score (nSPS) is 22.3. The lowest BCUT2D eigenvalue weighted by Crippen LogP contribution is -2.32. The summed E-state index contributed by atoms with van der Waals surface area (Å²) in [6.45, 7) is 3.85. The molecule has 5 nitrogen and oxygen atoms in total. The van der Waals surface area contributed by atoms with Crippen LogP contribution in [0.25, 0.3) is 0 Å². The van der Waals surface area contributed by atoms with Crippen LogP contribution in [0.2, 0.25) is 0 Å². The minimum Gasteiger partial charge on any atom is -0.486 e. The molecule has 2 aliphatic heterocycles. The summed E-state index contributed by atoms with van der Waals surface area (Å²) < 4.78 is 49.8. The monoisotopic (exact) mass is 419 g/mol. The van der Waals surface area contributed by atoms with Crippen molar-refractivity contribution < 1.29 is 32.2 Å². The molecule has 158 valence electrons. The predicted molar refractivity (Wildman–Crippen MR) is 101 cm³/mol. The van der Waals surface area contributed by atoms with Crippen molar-refractivity contribution in [2.75, 3.05) is 13.2 Å². The number of benzene rings is 2. The summed E-state index contributed by atoms with van der Waals surface area (Å²) in [7, 11) is 0. The van der Waals surface area contributed by atoms with Crippen LogP contribution in [0, 0.1) is 12.8 Å². The molecule has 0 N–H and O–H groups in total. The van der Waals surface area contributed by atoms with Crippen molar-refractivity contribution in [3.63, 3.8) is 0 Å². The Balaban J connectivity index is 1.69. The number of carbonyl (C=O) groups excluding carboxylic acids is 2. The topological polar surface area (TPSA) is 55.8 Å². The second kappa shape index (κ2) is 7.34. The van der Waals surface area contributed by atoms with Crippen molar-refractivity contribution in [2.24, 2.45) is 5.92 Å². The highest BCUT2D eigenvalue weighted by atomic mass is 19.4. The molecule has 0 spiro atoms. The van der Waals surface area contributed by atoms with E-state index < -0.39 is 41.7 Å². The minimum absolute atomic E-state index is 0.0708. The van der Waals surface area contributed by atoms with Crippen LogP contribution in [0.4, 0.5) is 13.2 Å². The Kier molecular flexibility index (Phi) is 4.95. The van der Waals surface area contributed by atoms with Gasteiger partial charge in [-0.1, -0.05) is 18.2 Å². The van der Waals surface area contributed by atoms with Gasteiger partial charge in [-0.3, -0.25) is 9.59 Å². The van der Waals surface area contributed by atoms with E-state index in [0.717, 1.165) is 35.4 Å². The van der Waals surface area contributed by atoms with Crippen molar-refractivity contribution >= 4 is 11.9 Å². The van der Waals surface area contributed by atoms with Crippen molar-refractivity contribution in [1.82, 2.24) is 4.90 Å². The lowest BCUT2D eigenvalue weighted by molar-refractivity contribution is -0.149. The highest BCUT2D eigenvalue weighted by Gasteiger charge is 2.54. The van der Waals surface area contributed by atoms with Crippen LogP contribution in [0.3, 0.4) is 0 Å². The fourth-order valence-corrected chi connectivity index (χ4v) is 4.16. The zero-order valence-corrected chi connectivity index (χ0v) is 16.4. The lowest BCUT2D eigenvalue weighted by Gasteiger charge is -2.23. The molecule has 1 fully saturated rings. The third kappa shape index (κ3) is 3.30. The molecule has 0 radical (unpaired) electrons.